The van der Waals surface area contributed by atoms with Crippen molar-refractivity contribution in [3.05, 3.63) is 97.4 Å². The normalized spacial score (nSPS) is 10.5. The number of benzene rings is 2. The Labute approximate surface area is 160 Å². The van der Waals surface area contributed by atoms with Gasteiger partial charge in [0.15, 0.2) is 5.69 Å². The van der Waals surface area contributed by atoms with Crippen LogP contribution in [0.3, 0.4) is 0 Å². The van der Waals surface area contributed by atoms with Crippen molar-refractivity contribution in [3.8, 4) is 5.69 Å². The molecule has 8 nitrogen and oxygen atoms in total. The van der Waals surface area contributed by atoms with Crippen molar-refractivity contribution >= 4 is 11.6 Å². The van der Waals surface area contributed by atoms with Gasteiger partial charge in [-0.25, -0.2) is 4.68 Å². The van der Waals surface area contributed by atoms with Gasteiger partial charge in [0, 0.05) is 24.4 Å². The summed E-state index contributed by atoms with van der Waals surface area (Å²) in [5.41, 5.74) is 1.45. The highest BCUT2D eigenvalue weighted by Crippen LogP contribution is 2.22. The molecule has 0 aliphatic carbocycles. The maximum absolute atomic E-state index is 12.5. The highest BCUT2D eigenvalue weighted by Gasteiger charge is 2.20. The van der Waals surface area contributed by atoms with Crippen LogP contribution in [0.4, 0.5) is 5.69 Å². The van der Waals surface area contributed by atoms with Crippen molar-refractivity contribution in [2.45, 2.75) is 20.4 Å². The van der Waals surface area contributed by atoms with E-state index in [1.54, 1.807) is 13.0 Å². The Bertz CT molecular complexity index is 1120. The molecule has 2 aromatic carbocycles. The third-order valence-corrected chi connectivity index (χ3v) is 4.33. The van der Waals surface area contributed by atoms with E-state index in [9.17, 15) is 19.7 Å². The zero-order valence-electron chi connectivity index (χ0n) is 15.4. The standard InChI is InChI=1S/C20H18N4O4/c1-13-7-3-4-8-15(13)12-21-20(26)19-18(25)11-14(2)23(22-19)16-9-5-6-10-17(16)24(27)28/h3-11H,12H2,1-2H3,(H,21,26). The van der Waals surface area contributed by atoms with Gasteiger partial charge in [0.2, 0.25) is 5.43 Å². The predicted octanol–water partition coefficient (Wildman–Crippen LogP) is 2.69. The predicted molar refractivity (Wildman–Crippen MR) is 104 cm³/mol. The molecule has 0 aliphatic heterocycles. The molecule has 0 saturated carbocycles. The number of carbonyl (C=O) groups excluding carboxylic acids is 1. The Hall–Kier alpha value is -3.81. The number of hydrogen-bond donors (Lipinski definition) is 1. The summed E-state index contributed by atoms with van der Waals surface area (Å²) in [7, 11) is 0. The molecule has 1 aromatic heterocycles. The topological polar surface area (TPSA) is 107 Å². The fourth-order valence-corrected chi connectivity index (χ4v) is 2.81. The Morgan fingerprint density at radius 3 is 2.54 bits per heavy atom. The molecule has 0 unspecified atom stereocenters. The first-order chi connectivity index (χ1) is 13.4. The zero-order valence-corrected chi connectivity index (χ0v) is 15.4. The van der Waals surface area contributed by atoms with E-state index in [-0.39, 0.29) is 23.6 Å². The fourth-order valence-electron chi connectivity index (χ4n) is 2.81. The Morgan fingerprint density at radius 1 is 1.14 bits per heavy atom. The number of nitrogens with one attached hydrogen (secondary N) is 1. The zero-order chi connectivity index (χ0) is 20.3. The number of nitro benzene ring substituents is 1. The Kier molecular flexibility index (Phi) is 5.30. The van der Waals surface area contributed by atoms with Crippen LogP contribution in [0.15, 0.2) is 59.4 Å². The fraction of sp³-hybridized carbons (Fsp3) is 0.150. The molecule has 1 heterocycles. The smallest absolute Gasteiger partial charge is 0.294 e. The van der Waals surface area contributed by atoms with Crippen LogP contribution in [-0.2, 0) is 6.54 Å². The number of nitrogens with zero attached hydrogens (tertiary/aromatic N) is 3. The average Bonchev–Trinajstić information content (AvgIpc) is 2.67. The molecule has 3 aromatic rings. The molecule has 0 bridgehead atoms. The summed E-state index contributed by atoms with van der Waals surface area (Å²) < 4.78 is 1.24. The molecule has 0 aliphatic rings. The van der Waals surface area contributed by atoms with E-state index in [0.29, 0.717) is 5.69 Å². The van der Waals surface area contributed by atoms with Crippen molar-refractivity contribution in [2.24, 2.45) is 0 Å². The number of amides is 1. The number of para-hydroxylation sites is 2. The van der Waals surface area contributed by atoms with Crippen LogP contribution in [0.5, 0.6) is 0 Å². The Morgan fingerprint density at radius 2 is 1.82 bits per heavy atom. The van der Waals surface area contributed by atoms with E-state index in [0.717, 1.165) is 11.1 Å². The average molecular weight is 378 g/mol. The lowest BCUT2D eigenvalue weighted by Crippen LogP contribution is -2.31. The van der Waals surface area contributed by atoms with Gasteiger partial charge in [-0.15, -0.1) is 0 Å². The summed E-state index contributed by atoms with van der Waals surface area (Å²) in [6, 6.07) is 14.8. The van der Waals surface area contributed by atoms with E-state index < -0.39 is 16.3 Å². The van der Waals surface area contributed by atoms with Gasteiger partial charge in [-0.2, -0.15) is 5.10 Å². The maximum atomic E-state index is 12.5. The molecule has 0 saturated heterocycles. The second kappa shape index (κ2) is 7.83. The van der Waals surface area contributed by atoms with Gasteiger partial charge in [0.05, 0.1) is 4.92 Å². The van der Waals surface area contributed by atoms with Crippen molar-refractivity contribution in [1.82, 2.24) is 15.1 Å². The number of nitro groups is 1. The summed E-state index contributed by atoms with van der Waals surface area (Å²) in [5, 5.41) is 18.1. The number of aromatic nitrogens is 2. The molecule has 8 heteroatoms. The van der Waals surface area contributed by atoms with Crippen LogP contribution in [-0.4, -0.2) is 20.6 Å². The van der Waals surface area contributed by atoms with Crippen molar-refractivity contribution in [1.29, 1.82) is 0 Å². The van der Waals surface area contributed by atoms with Crippen LogP contribution < -0.4 is 10.7 Å². The molecule has 1 N–H and O–H groups in total. The number of aryl methyl sites for hydroxylation is 2. The highest BCUT2D eigenvalue weighted by molar-refractivity contribution is 5.92. The minimum atomic E-state index is -0.638. The first kappa shape index (κ1) is 19.0. The van der Waals surface area contributed by atoms with Crippen LogP contribution in [0.2, 0.25) is 0 Å². The second-order valence-corrected chi connectivity index (χ2v) is 6.27. The summed E-state index contributed by atoms with van der Waals surface area (Å²) in [4.78, 5) is 35.6. The third kappa shape index (κ3) is 3.80. The molecular formula is C20H18N4O4. The summed E-state index contributed by atoms with van der Waals surface area (Å²) in [5.74, 6) is -0.638. The number of hydrogen-bond acceptors (Lipinski definition) is 5. The van der Waals surface area contributed by atoms with Gasteiger partial charge in [0.25, 0.3) is 11.6 Å². The molecule has 0 fully saturated rings. The minimum Gasteiger partial charge on any atom is -0.346 e. The van der Waals surface area contributed by atoms with Gasteiger partial charge >= 0.3 is 0 Å². The first-order valence-electron chi connectivity index (χ1n) is 8.56. The van der Waals surface area contributed by atoms with Crippen LogP contribution in [0.1, 0.15) is 27.3 Å². The molecule has 0 spiro atoms. The second-order valence-electron chi connectivity index (χ2n) is 6.27. The van der Waals surface area contributed by atoms with Gasteiger partial charge in [-0.05, 0) is 31.0 Å². The summed E-state index contributed by atoms with van der Waals surface area (Å²) in [6.07, 6.45) is 0. The molecule has 142 valence electrons. The first-order valence-corrected chi connectivity index (χ1v) is 8.56. The van der Waals surface area contributed by atoms with Gasteiger partial charge < -0.3 is 5.32 Å². The van der Waals surface area contributed by atoms with E-state index in [1.165, 1.54) is 28.9 Å². The highest BCUT2D eigenvalue weighted by atomic mass is 16.6. The summed E-state index contributed by atoms with van der Waals surface area (Å²) in [6.45, 7) is 3.76. The van der Waals surface area contributed by atoms with E-state index in [4.69, 9.17) is 0 Å². The molecule has 1 amide bonds. The van der Waals surface area contributed by atoms with Gasteiger partial charge in [-0.3, -0.25) is 19.7 Å². The van der Waals surface area contributed by atoms with Crippen LogP contribution >= 0.6 is 0 Å². The monoisotopic (exact) mass is 378 g/mol. The SMILES string of the molecule is Cc1ccccc1CNC(=O)c1nn(-c2ccccc2[N+](=O)[O-])c(C)cc1=O. The Balaban J connectivity index is 1.96. The van der Waals surface area contributed by atoms with E-state index in [1.807, 2.05) is 31.2 Å². The number of carbonyl (C=O) groups is 1. The largest absolute Gasteiger partial charge is 0.346 e. The quantitative estimate of drug-likeness (QED) is 0.542. The molecule has 3 rings (SSSR count). The molecular weight excluding hydrogens is 360 g/mol. The van der Waals surface area contributed by atoms with Crippen molar-refractivity contribution < 1.29 is 9.72 Å². The molecule has 0 radical (unpaired) electrons. The van der Waals surface area contributed by atoms with Crippen molar-refractivity contribution in [3.63, 3.8) is 0 Å². The van der Waals surface area contributed by atoms with Gasteiger partial charge in [0.1, 0.15) is 5.69 Å². The number of rotatable bonds is 5. The lowest BCUT2D eigenvalue weighted by atomic mass is 10.1. The van der Waals surface area contributed by atoms with Gasteiger partial charge in [-0.1, -0.05) is 36.4 Å². The third-order valence-electron chi connectivity index (χ3n) is 4.33. The summed E-state index contributed by atoms with van der Waals surface area (Å²) >= 11 is 0. The molecule has 28 heavy (non-hydrogen) atoms. The van der Waals surface area contributed by atoms with E-state index >= 15 is 0 Å². The minimum absolute atomic E-state index is 0.173. The van der Waals surface area contributed by atoms with E-state index in [2.05, 4.69) is 10.4 Å². The lowest BCUT2D eigenvalue weighted by Gasteiger charge is -2.12. The van der Waals surface area contributed by atoms with Crippen LogP contribution in [0, 0.1) is 24.0 Å². The maximum Gasteiger partial charge on any atom is 0.294 e. The van der Waals surface area contributed by atoms with Crippen LogP contribution in [0.25, 0.3) is 5.69 Å². The lowest BCUT2D eigenvalue weighted by molar-refractivity contribution is -0.384. The molecule has 0 atom stereocenters. The van der Waals surface area contributed by atoms with Crippen molar-refractivity contribution in [2.75, 3.05) is 0 Å².